The summed E-state index contributed by atoms with van der Waals surface area (Å²) in [6.07, 6.45) is 1.99. The Balaban J connectivity index is 1.55. The molecule has 4 aromatic rings. The molecule has 7 nitrogen and oxygen atoms in total. The van der Waals surface area contributed by atoms with Crippen LogP contribution in [0, 0.1) is 5.82 Å². The number of para-hydroxylation sites is 1. The molecular formula is C27H26FN3O4. The molecule has 0 saturated heterocycles. The molecule has 0 atom stereocenters. The lowest BCUT2D eigenvalue weighted by atomic mass is 10.1. The lowest BCUT2D eigenvalue weighted by molar-refractivity contribution is -0.120. The van der Waals surface area contributed by atoms with E-state index in [1.54, 1.807) is 28.9 Å². The second-order valence-corrected chi connectivity index (χ2v) is 7.78. The Hall–Kier alpha value is -4.33. The lowest BCUT2D eigenvalue weighted by Gasteiger charge is -2.14. The standard InChI is InChI=1S/C27H26FN3O4/c1-33-23-13-18(14-24(34-2)27(23)35-3)15-25(32)29-16-20-17-31(22-7-5-4-6-8-22)30-26(20)19-9-11-21(28)12-10-19/h4-14,17H,15-16H2,1-3H3,(H,29,32). The number of amides is 1. The van der Waals surface area contributed by atoms with Crippen molar-refractivity contribution in [3.05, 3.63) is 89.9 Å². The Morgan fingerprint density at radius 1 is 0.943 bits per heavy atom. The normalized spacial score (nSPS) is 10.6. The summed E-state index contributed by atoms with van der Waals surface area (Å²) in [6.45, 7) is 0.253. The minimum absolute atomic E-state index is 0.120. The maximum Gasteiger partial charge on any atom is 0.224 e. The number of aromatic nitrogens is 2. The number of carbonyl (C=O) groups excluding carboxylic acids is 1. The van der Waals surface area contributed by atoms with Crippen LogP contribution in [0.25, 0.3) is 16.9 Å². The van der Waals surface area contributed by atoms with Crippen LogP contribution in [0.3, 0.4) is 0 Å². The first-order valence-corrected chi connectivity index (χ1v) is 11.0. The molecule has 0 bridgehead atoms. The highest BCUT2D eigenvalue weighted by Gasteiger charge is 2.17. The minimum atomic E-state index is -0.323. The number of nitrogens with one attached hydrogen (secondary N) is 1. The van der Waals surface area contributed by atoms with Crippen LogP contribution in [0.5, 0.6) is 17.2 Å². The van der Waals surface area contributed by atoms with Gasteiger partial charge < -0.3 is 19.5 Å². The molecule has 0 fully saturated rings. The third kappa shape index (κ3) is 5.43. The molecule has 0 aliphatic carbocycles. The van der Waals surface area contributed by atoms with Gasteiger partial charge in [0.1, 0.15) is 5.82 Å². The fraction of sp³-hybridized carbons (Fsp3) is 0.185. The van der Waals surface area contributed by atoms with Gasteiger partial charge in [0, 0.05) is 23.9 Å². The molecule has 0 unspecified atom stereocenters. The van der Waals surface area contributed by atoms with Gasteiger partial charge in [-0.25, -0.2) is 9.07 Å². The number of halogens is 1. The van der Waals surface area contributed by atoms with Crippen LogP contribution in [-0.4, -0.2) is 37.0 Å². The van der Waals surface area contributed by atoms with E-state index in [9.17, 15) is 9.18 Å². The van der Waals surface area contributed by atoms with Gasteiger partial charge in [-0.15, -0.1) is 0 Å². The Bertz CT molecular complexity index is 1280. The van der Waals surface area contributed by atoms with Crippen LogP contribution < -0.4 is 19.5 Å². The Morgan fingerprint density at radius 3 is 2.20 bits per heavy atom. The van der Waals surface area contributed by atoms with Crippen molar-refractivity contribution in [3.8, 4) is 34.2 Å². The molecule has 1 amide bonds. The van der Waals surface area contributed by atoms with Gasteiger partial charge in [0.15, 0.2) is 11.5 Å². The summed E-state index contributed by atoms with van der Waals surface area (Å²) in [5.41, 5.74) is 3.83. The number of benzene rings is 3. The van der Waals surface area contributed by atoms with Crippen molar-refractivity contribution in [2.45, 2.75) is 13.0 Å². The van der Waals surface area contributed by atoms with Crippen LogP contribution in [0.15, 0.2) is 72.9 Å². The summed E-state index contributed by atoms with van der Waals surface area (Å²) in [6, 6.07) is 19.3. The van der Waals surface area contributed by atoms with E-state index >= 15 is 0 Å². The van der Waals surface area contributed by atoms with Crippen molar-refractivity contribution in [3.63, 3.8) is 0 Å². The van der Waals surface area contributed by atoms with Crippen LogP contribution in [0.1, 0.15) is 11.1 Å². The molecule has 0 spiro atoms. The number of ether oxygens (including phenoxy) is 3. The van der Waals surface area contributed by atoms with Crippen molar-refractivity contribution < 1.29 is 23.4 Å². The quantitative estimate of drug-likeness (QED) is 0.384. The summed E-state index contributed by atoms with van der Waals surface area (Å²) in [5.74, 6) is 0.930. The summed E-state index contributed by atoms with van der Waals surface area (Å²) in [4.78, 5) is 12.8. The summed E-state index contributed by atoms with van der Waals surface area (Å²) < 4.78 is 31.3. The van der Waals surface area contributed by atoms with Crippen molar-refractivity contribution in [2.24, 2.45) is 0 Å². The van der Waals surface area contributed by atoms with E-state index < -0.39 is 0 Å². The van der Waals surface area contributed by atoms with Crippen LogP contribution in [0.2, 0.25) is 0 Å². The first kappa shape index (κ1) is 23.8. The predicted molar refractivity (Wildman–Crippen MR) is 131 cm³/mol. The van der Waals surface area contributed by atoms with Crippen LogP contribution in [0.4, 0.5) is 4.39 Å². The highest BCUT2D eigenvalue weighted by Crippen LogP contribution is 2.38. The lowest BCUT2D eigenvalue weighted by Crippen LogP contribution is -2.24. The van der Waals surface area contributed by atoms with Crippen molar-refractivity contribution in [2.75, 3.05) is 21.3 Å². The van der Waals surface area contributed by atoms with Gasteiger partial charge in [0.25, 0.3) is 0 Å². The molecule has 180 valence electrons. The number of carbonyl (C=O) groups is 1. The first-order chi connectivity index (χ1) is 17.0. The molecule has 0 radical (unpaired) electrons. The largest absolute Gasteiger partial charge is 0.493 e. The van der Waals surface area contributed by atoms with Crippen molar-refractivity contribution in [1.29, 1.82) is 0 Å². The van der Waals surface area contributed by atoms with Gasteiger partial charge in [-0.2, -0.15) is 5.10 Å². The molecule has 3 aromatic carbocycles. The van der Waals surface area contributed by atoms with Crippen molar-refractivity contribution >= 4 is 5.91 Å². The third-order valence-electron chi connectivity index (χ3n) is 5.49. The molecule has 0 aliphatic rings. The Kier molecular flexibility index (Phi) is 7.30. The van der Waals surface area contributed by atoms with Gasteiger partial charge in [-0.1, -0.05) is 18.2 Å². The topological polar surface area (TPSA) is 74.6 Å². The maximum atomic E-state index is 13.5. The predicted octanol–water partition coefficient (Wildman–Crippen LogP) is 4.56. The molecule has 1 N–H and O–H groups in total. The van der Waals surface area contributed by atoms with E-state index in [1.807, 2.05) is 36.5 Å². The zero-order chi connectivity index (χ0) is 24.8. The highest BCUT2D eigenvalue weighted by molar-refractivity contribution is 5.79. The molecule has 35 heavy (non-hydrogen) atoms. The average Bonchev–Trinajstić information content (AvgIpc) is 3.32. The van der Waals surface area contributed by atoms with Gasteiger partial charge >= 0.3 is 0 Å². The Morgan fingerprint density at radius 2 is 1.60 bits per heavy atom. The number of nitrogens with zero attached hydrogens (tertiary/aromatic N) is 2. The minimum Gasteiger partial charge on any atom is -0.493 e. The average molecular weight is 476 g/mol. The van der Waals surface area contributed by atoms with E-state index in [1.165, 1.54) is 33.5 Å². The fourth-order valence-electron chi connectivity index (χ4n) is 3.78. The van der Waals surface area contributed by atoms with Crippen LogP contribution in [-0.2, 0) is 17.8 Å². The number of hydrogen-bond acceptors (Lipinski definition) is 5. The molecular weight excluding hydrogens is 449 g/mol. The molecule has 1 heterocycles. The smallest absolute Gasteiger partial charge is 0.224 e. The molecule has 0 aliphatic heterocycles. The van der Waals surface area contributed by atoms with E-state index in [2.05, 4.69) is 5.32 Å². The fourth-order valence-corrected chi connectivity index (χ4v) is 3.78. The summed E-state index contributed by atoms with van der Waals surface area (Å²) in [7, 11) is 4.59. The van der Waals surface area contributed by atoms with Gasteiger partial charge in [0.2, 0.25) is 11.7 Å². The number of hydrogen-bond donors (Lipinski definition) is 1. The SMILES string of the molecule is COc1cc(CC(=O)NCc2cn(-c3ccccc3)nc2-c2ccc(F)cc2)cc(OC)c1OC. The number of methoxy groups -OCH3 is 3. The monoisotopic (exact) mass is 475 g/mol. The summed E-state index contributed by atoms with van der Waals surface area (Å²) >= 11 is 0. The third-order valence-corrected chi connectivity index (χ3v) is 5.49. The van der Waals surface area contributed by atoms with E-state index in [-0.39, 0.29) is 24.7 Å². The first-order valence-electron chi connectivity index (χ1n) is 11.0. The Labute approximate surface area is 203 Å². The second-order valence-electron chi connectivity index (χ2n) is 7.78. The second kappa shape index (κ2) is 10.7. The zero-order valence-corrected chi connectivity index (χ0v) is 19.7. The van der Waals surface area contributed by atoms with Gasteiger partial charge in [-0.05, 0) is 54.1 Å². The van der Waals surface area contributed by atoms with Gasteiger partial charge in [0.05, 0.1) is 39.1 Å². The molecule has 1 aromatic heterocycles. The summed E-state index contributed by atoms with van der Waals surface area (Å²) in [5, 5.41) is 7.66. The van der Waals surface area contributed by atoms with Crippen LogP contribution >= 0.6 is 0 Å². The number of rotatable bonds is 9. The van der Waals surface area contributed by atoms with Crippen molar-refractivity contribution in [1.82, 2.24) is 15.1 Å². The highest BCUT2D eigenvalue weighted by atomic mass is 19.1. The zero-order valence-electron chi connectivity index (χ0n) is 19.7. The molecule has 0 saturated carbocycles. The molecule has 8 heteroatoms. The van der Waals surface area contributed by atoms with Gasteiger partial charge in [-0.3, -0.25) is 4.79 Å². The van der Waals surface area contributed by atoms with E-state index in [4.69, 9.17) is 19.3 Å². The maximum absolute atomic E-state index is 13.5. The van der Waals surface area contributed by atoms with E-state index in [0.717, 1.165) is 22.4 Å². The molecule has 4 rings (SSSR count). The van der Waals surface area contributed by atoms with E-state index in [0.29, 0.717) is 22.9 Å².